The van der Waals surface area contributed by atoms with Gasteiger partial charge in [0.2, 0.25) is 0 Å². The van der Waals surface area contributed by atoms with Gasteiger partial charge in [0.05, 0.1) is 12.0 Å². The lowest BCUT2D eigenvalue weighted by Gasteiger charge is -2.36. The number of aliphatic carboxylic acids is 1. The second kappa shape index (κ2) is 6.33. The molecule has 1 amide bonds. The van der Waals surface area contributed by atoms with Crippen LogP contribution in [0.4, 0.5) is 0 Å². The average molecular weight is 264 g/mol. The summed E-state index contributed by atoms with van der Waals surface area (Å²) in [6.07, 6.45) is 0. The molecule has 5 heteroatoms. The number of hydrogen-bond donors (Lipinski definition) is 1. The van der Waals surface area contributed by atoms with Gasteiger partial charge < -0.3 is 5.11 Å². The van der Waals surface area contributed by atoms with Crippen molar-refractivity contribution in [1.82, 2.24) is 10.0 Å². The minimum Gasteiger partial charge on any atom is -0.481 e. The van der Waals surface area contributed by atoms with Crippen molar-refractivity contribution in [3.8, 4) is 0 Å². The molecule has 1 aromatic rings. The maximum Gasteiger partial charge on any atom is 0.308 e. The lowest BCUT2D eigenvalue weighted by molar-refractivity contribution is -0.144. The number of hydrazine groups is 1. The van der Waals surface area contributed by atoms with Gasteiger partial charge in [0.15, 0.2) is 0 Å². The van der Waals surface area contributed by atoms with Gasteiger partial charge in [0.1, 0.15) is 0 Å². The maximum absolute atomic E-state index is 12.4. The maximum atomic E-state index is 12.4. The molecule has 0 spiro atoms. The number of carboxylic acids is 1. The van der Waals surface area contributed by atoms with Crippen molar-refractivity contribution in [2.24, 2.45) is 5.92 Å². The molecule has 0 aliphatic carbocycles. The lowest BCUT2D eigenvalue weighted by atomic mass is 10.0. The number of hydrogen-bond acceptors (Lipinski definition) is 3. The van der Waals surface area contributed by atoms with Crippen LogP contribution in [0.5, 0.6) is 0 Å². The Labute approximate surface area is 113 Å². The molecule has 1 N–H and O–H groups in total. The van der Waals surface area contributed by atoms with Crippen molar-refractivity contribution < 1.29 is 14.7 Å². The van der Waals surface area contributed by atoms with Gasteiger partial charge in [-0.3, -0.25) is 14.6 Å². The Hall–Kier alpha value is -1.88. The Bertz CT molecular complexity index is 445. The van der Waals surface area contributed by atoms with E-state index in [4.69, 9.17) is 5.11 Å². The van der Waals surface area contributed by atoms with E-state index in [2.05, 4.69) is 0 Å². The van der Waals surface area contributed by atoms with Gasteiger partial charge in [-0.1, -0.05) is 18.2 Å². The third-order valence-corrected chi connectivity index (χ3v) is 3.16. The van der Waals surface area contributed by atoms with Gasteiger partial charge in [-0.25, -0.2) is 5.01 Å². The van der Waals surface area contributed by atoms with E-state index in [1.807, 2.05) is 6.07 Å². The van der Waals surface area contributed by atoms with Crippen LogP contribution < -0.4 is 0 Å². The van der Waals surface area contributed by atoms with E-state index in [0.29, 0.717) is 5.56 Å². The number of benzene rings is 1. The van der Waals surface area contributed by atoms with E-state index in [-0.39, 0.29) is 5.91 Å². The standard InChI is InChI=1S/C14H20N2O3/c1-10(14(18)19)11(2)16(15(3)4)13(17)12-8-6-5-7-9-12/h5-11H,1-4H3,(H,18,19). The highest BCUT2D eigenvalue weighted by atomic mass is 16.4. The fraction of sp³-hybridized carbons (Fsp3) is 0.429. The van der Waals surface area contributed by atoms with Crippen molar-refractivity contribution in [3.05, 3.63) is 35.9 Å². The summed E-state index contributed by atoms with van der Waals surface area (Å²) < 4.78 is 0. The number of nitrogens with zero attached hydrogens (tertiary/aromatic N) is 2. The molecule has 2 unspecified atom stereocenters. The van der Waals surface area contributed by atoms with E-state index in [1.165, 1.54) is 5.01 Å². The third-order valence-electron chi connectivity index (χ3n) is 3.16. The molecule has 0 fully saturated rings. The molecule has 19 heavy (non-hydrogen) atoms. The SMILES string of the molecule is CC(C(=O)O)C(C)N(C(=O)c1ccccc1)N(C)C. The van der Waals surface area contributed by atoms with Crippen molar-refractivity contribution in [1.29, 1.82) is 0 Å². The molecule has 0 aromatic heterocycles. The van der Waals surface area contributed by atoms with Crippen LogP contribution in [0, 0.1) is 5.92 Å². The zero-order chi connectivity index (χ0) is 14.6. The van der Waals surface area contributed by atoms with Crippen LogP contribution in [0.2, 0.25) is 0 Å². The number of carboxylic acid groups (broad SMARTS) is 1. The van der Waals surface area contributed by atoms with Crippen LogP contribution >= 0.6 is 0 Å². The Morgan fingerprint density at radius 2 is 1.63 bits per heavy atom. The lowest BCUT2D eigenvalue weighted by Crippen LogP contribution is -2.51. The summed E-state index contributed by atoms with van der Waals surface area (Å²) in [5, 5.41) is 12.2. The Morgan fingerprint density at radius 1 is 1.11 bits per heavy atom. The van der Waals surface area contributed by atoms with Crippen molar-refractivity contribution in [2.45, 2.75) is 19.9 Å². The monoisotopic (exact) mass is 264 g/mol. The number of carbonyl (C=O) groups is 2. The zero-order valence-electron chi connectivity index (χ0n) is 11.7. The first-order valence-electron chi connectivity index (χ1n) is 6.15. The van der Waals surface area contributed by atoms with Crippen LogP contribution in [0.15, 0.2) is 30.3 Å². The fourth-order valence-electron chi connectivity index (χ4n) is 1.86. The molecule has 1 aromatic carbocycles. The molecule has 1 rings (SSSR count). The predicted octanol–water partition coefficient (Wildman–Crippen LogP) is 1.71. The van der Waals surface area contributed by atoms with Crippen LogP contribution in [-0.2, 0) is 4.79 Å². The van der Waals surface area contributed by atoms with Gasteiger partial charge in [-0.05, 0) is 26.0 Å². The van der Waals surface area contributed by atoms with Crippen LogP contribution in [-0.4, -0.2) is 47.1 Å². The summed E-state index contributed by atoms with van der Waals surface area (Å²) in [6, 6.07) is 8.41. The molecule has 0 aliphatic heterocycles. The second-order valence-electron chi connectivity index (χ2n) is 4.73. The average Bonchev–Trinajstić information content (AvgIpc) is 2.38. The quantitative estimate of drug-likeness (QED) is 0.822. The molecule has 0 radical (unpaired) electrons. The highest BCUT2D eigenvalue weighted by Crippen LogP contribution is 2.16. The van der Waals surface area contributed by atoms with Crippen LogP contribution in [0.3, 0.4) is 0 Å². The molecule has 2 atom stereocenters. The van der Waals surface area contributed by atoms with Gasteiger partial charge in [-0.2, -0.15) is 0 Å². The molecule has 104 valence electrons. The summed E-state index contributed by atoms with van der Waals surface area (Å²) in [6.45, 7) is 3.33. The summed E-state index contributed by atoms with van der Waals surface area (Å²) in [4.78, 5) is 23.5. The van der Waals surface area contributed by atoms with Gasteiger partial charge >= 0.3 is 5.97 Å². The van der Waals surface area contributed by atoms with Crippen LogP contribution in [0.1, 0.15) is 24.2 Å². The predicted molar refractivity (Wildman–Crippen MR) is 72.6 cm³/mol. The van der Waals surface area contributed by atoms with Crippen molar-refractivity contribution >= 4 is 11.9 Å². The van der Waals surface area contributed by atoms with Crippen LogP contribution in [0.25, 0.3) is 0 Å². The molecular formula is C14H20N2O3. The Kier molecular flexibility index (Phi) is 5.06. The topological polar surface area (TPSA) is 60.9 Å². The van der Waals surface area contributed by atoms with Crippen molar-refractivity contribution in [2.75, 3.05) is 14.1 Å². The highest BCUT2D eigenvalue weighted by molar-refractivity contribution is 5.94. The smallest absolute Gasteiger partial charge is 0.308 e. The van der Waals surface area contributed by atoms with Gasteiger partial charge in [0.25, 0.3) is 5.91 Å². The normalized spacial score (nSPS) is 13.9. The number of rotatable bonds is 5. The van der Waals surface area contributed by atoms with Gasteiger partial charge in [0, 0.05) is 19.7 Å². The molecule has 0 bridgehead atoms. The van der Waals surface area contributed by atoms with E-state index >= 15 is 0 Å². The molecular weight excluding hydrogens is 244 g/mol. The fourth-order valence-corrected chi connectivity index (χ4v) is 1.86. The molecule has 0 saturated carbocycles. The summed E-state index contributed by atoms with van der Waals surface area (Å²) >= 11 is 0. The van der Waals surface area contributed by atoms with Crippen molar-refractivity contribution in [3.63, 3.8) is 0 Å². The molecule has 0 saturated heterocycles. The third kappa shape index (κ3) is 3.54. The first-order chi connectivity index (χ1) is 8.86. The highest BCUT2D eigenvalue weighted by Gasteiger charge is 2.30. The van der Waals surface area contributed by atoms with E-state index < -0.39 is 17.9 Å². The first-order valence-corrected chi connectivity index (χ1v) is 6.15. The zero-order valence-corrected chi connectivity index (χ0v) is 11.7. The Morgan fingerprint density at radius 3 is 2.05 bits per heavy atom. The van der Waals surface area contributed by atoms with E-state index in [9.17, 15) is 9.59 Å². The minimum absolute atomic E-state index is 0.203. The largest absolute Gasteiger partial charge is 0.481 e. The second-order valence-corrected chi connectivity index (χ2v) is 4.73. The first kappa shape index (κ1) is 15.2. The number of amides is 1. The number of carbonyl (C=O) groups excluding carboxylic acids is 1. The molecule has 0 heterocycles. The van der Waals surface area contributed by atoms with E-state index in [1.54, 1.807) is 57.2 Å². The van der Waals surface area contributed by atoms with Gasteiger partial charge in [-0.15, -0.1) is 0 Å². The summed E-state index contributed by atoms with van der Waals surface area (Å²) in [5.74, 6) is -1.76. The summed E-state index contributed by atoms with van der Waals surface area (Å²) in [7, 11) is 3.46. The summed E-state index contributed by atoms with van der Waals surface area (Å²) in [5.41, 5.74) is 0.542. The molecule has 5 nitrogen and oxygen atoms in total. The minimum atomic E-state index is -0.916. The molecule has 0 aliphatic rings. The Balaban J connectivity index is 3.02. The van der Waals surface area contributed by atoms with E-state index in [0.717, 1.165) is 0 Å².